The highest BCUT2D eigenvalue weighted by Gasteiger charge is 2.37. The predicted molar refractivity (Wildman–Crippen MR) is 133 cm³/mol. The maximum absolute atomic E-state index is 13.3. The molecule has 2 heterocycles. The number of piperidine rings is 1. The van der Waals surface area contributed by atoms with Crippen molar-refractivity contribution in [2.75, 3.05) is 33.2 Å². The molecule has 0 radical (unpaired) electrons. The summed E-state index contributed by atoms with van der Waals surface area (Å²) in [6, 6.07) is 12.4. The molecule has 0 saturated carbocycles. The largest absolute Gasteiger partial charge is 0.338 e. The fourth-order valence-corrected chi connectivity index (χ4v) is 5.06. The lowest BCUT2D eigenvalue weighted by atomic mass is 9.84. The van der Waals surface area contributed by atoms with Gasteiger partial charge in [0.05, 0.1) is 10.0 Å². The van der Waals surface area contributed by atoms with Crippen LogP contribution in [0, 0.1) is 0 Å². The van der Waals surface area contributed by atoms with Crippen LogP contribution in [0.15, 0.2) is 54.1 Å². The van der Waals surface area contributed by atoms with E-state index < -0.39 is 0 Å². The second-order valence-corrected chi connectivity index (χ2v) is 9.74. The van der Waals surface area contributed by atoms with Crippen LogP contribution in [0.4, 0.5) is 0 Å². The number of nitrogens with zero attached hydrogens (tertiary/aromatic N) is 2. The monoisotopic (exact) mass is 505 g/mol. The summed E-state index contributed by atoms with van der Waals surface area (Å²) >= 11 is 18.5. The van der Waals surface area contributed by atoms with Gasteiger partial charge in [0.15, 0.2) is 0 Å². The Balaban J connectivity index is 1.61. The van der Waals surface area contributed by atoms with Crippen LogP contribution in [0.5, 0.6) is 0 Å². The third-order valence-electron chi connectivity index (χ3n) is 6.48. The van der Waals surface area contributed by atoms with Crippen molar-refractivity contribution in [3.8, 4) is 0 Å². The Morgan fingerprint density at radius 2 is 1.82 bits per heavy atom. The van der Waals surface area contributed by atoms with Gasteiger partial charge in [-0.2, -0.15) is 0 Å². The number of likely N-dealkylation sites (tertiary alicyclic amines) is 1. The second kappa shape index (κ2) is 10.5. The molecule has 2 aliphatic rings. The molecule has 0 aliphatic carbocycles. The van der Waals surface area contributed by atoms with Gasteiger partial charge in [0.1, 0.15) is 0 Å². The van der Waals surface area contributed by atoms with Gasteiger partial charge < -0.3 is 15.1 Å². The number of benzene rings is 2. The van der Waals surface area contributed by atoms with Crippen molar-refractivity contribution in [2.24, 2.45) is 0 Å². The summed E-state index contributed by atoms with van der Waals surface area (Å²) in [6.45, 7) is 2.61. The zero-order valence-corrected chi connectivity index (χ0v) is 20.6. The molecular weight excluding hydrogens is 481 g/mol. The lowest BCUT2D eigenvalue weighted by molar-refractivity contribution is -0.129. The normalized spacial score (nSPS) is 20.8. The summed E-state index contributed by atoms with van der Waals surface area (Å²) in [4.78, 5) is 30.1. The molecule has 5 nitrogen and oxygen atoms in total. The Bertz CT molecular complexity index is 1070. The Hall–Kier alpha value is -2.05. The van der Waals surface area contributed by atoms with E-state index in [0.29, 0.717) is 46.7 Å². The molecule has 0 unspecified atom stereocenters. The average Bonchev–Trinajstić information content (AvgIpc) is 2.85. The summed E-state index contributed by atoms with van der Waals surface area (Å²) in [5, 5.41) is 4.77. The lowest BCUT2D eigenvalue weighted by Crippen LogP contribution is -2.52. The molecule has 2 aromatic rings. The Labute approximate surface area is 209 Å². The maximum Gasteiger partial charge on any atom is 0.253 e. The van der Waals surface area contributed by atoms with Crippen molar-refractivity contribution in [1.29, 1.82) is 0 Å². The zero-order chi connectivity index (χ0) is 23.5. The molecule has 174 valence electrons. The average molecular weight is 507 g/mol. The summed E-state index contributed by atoms with van der Waals surface area (Å²) in [7, 11) is 1.82. The van der Waals surface area contributed by atoms with Gasteiger partial charge in [-0.15, -0.1) is 0 Å². The third kappa shape index (κ3) is 5.38. The summed E-state index contributed by atoms with van der Waals surface area (Å²) < 4.78 is 0. The van der Waals surface area contributed by atoms with Gasteiger partial charge in [-0.1, -0.05) is 46.9 Å². The number of amides is 2. The van der Waals surface area contributed by atoms with Crippen molar-refractivity contribution in [2.45, 2.75) is 24.8 Å². The van der Waals surface area contributed by atoms with Gasteiger partial charge in [-0.3, -0.25) is 9.59 Å². The zero-order valence-electron chi connectivity index (χ0n) is 18.4. The quantitative estimate of drug-likeness (QED) is 0.633. The van der Waals surface area contributed by atoms with E-state index in [9.17, 15) is 9.59 Å². The molecule has 2 atom stereocenters. The molecule has 1 N–H and O–H groups in total. The number of halogens is 3. The maximum atomic E-state index is 13.3. The van der Waals surface area contributed by atoms with Gasteiger partial charge in [-0.25, -0.2) is 0 Å². The summed E-state index contributed by atoms with van der Waals surface area (Å²) in [5.74, 6) is -0.102. The topological polar surface area (TPSA) is 52.7 Å². The first kappa shape index (κ1) is 24.1. The van der Waals surface area contributed by atoms with Crippen molar-refractivity contribution in [1.82, 2.24) is 15.1 Å². The van der Waals surface area contributed by atoms with E-state index in [4.69, 9.17) is 34.8 Å². The Morgan fingerprint density at radius 3 is 2.48 bits per heavy atom. The first-order valence-electron chi connectivity index (χ1n) is 11.0. The first-order chi connectivity index (χ1) is 15.8. The summed E-state index contributed by atoms with van der Waals surface area (Å²) in [6.07, 6.45) is 3.37. The molecule has 4 rings (SSSR count). The molecule has 8 heteroatoms. The molecule has 1 fully saturated rings. The number of rotatable bonds is 4. The van der Waals surface area contributed by atoms with Crippen molar-refractivity contribution in [3.63, 3.8) is 0 Å². The third-order valence-corrected chi connectivity index (χ3v) is 7.47. The SMILES string of the molecule is CN(C(=O)c1ccc(Cl)cc1)[C@@H]1CCN(C(=O)C2=CCNCC2)C[C@H]1c1ccc(Cl)c(Cl)c1. The van der Waals surface area contributed by atoms with E-state index in [1.54, 1.807) is 35.2 Å². The highest BCUT2D eigenvalue weighted by atomic mass is 35.5. The van der Waals surface area contributed by atoms with Crippen LogP contribution in [0.3, 0.4) is 0 Å². The predicted octanol–water partition coefficient (Wildman–Crippen LogP) is 5.02. The van der Waals surface area contributed by atoms with Crippen LogP contribution >= 0.6 is 34.8 Å². The van der Waals surface area contributed by atoms with Crippen LogP contribution in [0.1, 0.15) is 34.7 Å². The highest BCUT2D eigenvalue weighted by molar-refractivity contribution is 6.42. The van der Waals surface area contributed by atoms with Gasteiger partial charge in [0.25, 0.3) is 5.91 Å². The fraction of sp³-hybridized carbons (Fsp3) is 0.360. The van der Waals surface area contributed by atoms with Gasteiger partial charge >= 0.3 is 0 Å². The molecule has 2 aromatic carbocycles. The van der Waals surface area contributed by atoms with Gasteiger partial charge in [0, 0.05) is 54.8 Å². The Morgan fingerprint density at radius 1 is 1.06 bits per heavy atom. The molecule has 1 saturated heterocycles. The number of carbonyl (C=O) groups is 2. The standard InChI is InChI=1S/C25H26Cl3N3O2/c1-30(24(32)16-2-5-19(26)6-3-16)23-10-13-31(25(33)17-8-11-29-12-9-17)15-20(23)18-4-7-21(27)22(28)14-18/h2-8,14,20,23,29H,9-13,15H2,1H3/t20-,23+/m0/s1. The molecule has 0 aromatic heterocycles. The minimum Gasteiger partial charge on any atom is -0.338 e. The molecule has 0 spiro atoms. The molecule has 2 aliphatic heterocycles. The number of hydrogen-bond acceptors (Lipinski definition) is 3. The smallest absolute Gasteiger partial charge is 0.253 e. The number of hydrogen-bond donors (Lipinski definition) is 1. The lowest BCUT2D eigenvalue weighted by Gasteiger charge is -2.43. The van der Waals surface area contributed by atoms with Crippen LogP contribution in [-0.2, 0) is 4.79 Å². The Kier molecular flexibility index (Phi) is 7.65. The fourth-order valence-electron chi connectivity index (χ4n) is 4.62. The van der Waals surface area contributed by atoms with Crippen molar-refractivity contribution >= 4 is 46.6 Å². The van der Waals surface area contributed by atoms with Crippen LogP contribution in [-0.4, -0.2) is 60.9 Å². The van der Waals surface area contributed by atoms with Crippen molar-refractivity contribution in [3.05, 3.63) is 80.3 Å². The number of likely N-dealkylation sites (N-methyl/N-ethyl adjacent to an activating group) is 1. The van der Waals surface area contributed by atoms with Crippen molar-refractivity contribution < 1.29 is 9.59 Å². The molecule has 0 bridgehead atoms. The van der Waals surface area contributed by atoms with Crippen LogP contribution in [0.2, 0.25) is 15.1 Å². The van der Waals surface area contributed by atoms with Gasteiger partial charge in [0.2, 0.25) is 5.91 Å². The van der Waals surface area contributed by atoms with Crippen LogP contribution in [0.25, 0.3) is 0 Å². The number of carbonyl (C=O) groups excluding carboxylic acids is 2. The van der Waals surface area contributed by atoms with Crippen LogP contribution < -0.4 is 5.32 Å². The summed E-state index contributed by atoms with van der Waals surface area (Å²) in [5.41, 5.74) is 2.39. The van der Waals surface area contributed by atoms with Gasteiger partial charge in [-0.05, 0) is 61.3 Å². The molecule has 2 amide bonds. The van der Waals surface area contributed by atoms with E-state index in [2.05, 4.69) is 5.32 Å². The van der Waals surface area contributed by atoms with E-state index in [-0.39, 0.29) is 23.8 Å². The molecular formula is C25H26Cl3N3O2. The van der Waals surface area contributed by atoms with E-state index in [1.165, 1.54) is 0 Å². The first-order valence-corrected chi connectivity index (χ1v) is 12.1. The highest BCUT2D eigenvalue weighted by Crippen LogP contribution is 2.35. The minimum atomic E-state index is -0.100. The minimum absolute atomic E-state index is 0.0756. The molecule has 33 heavy (non-hydrogen) atoms. The second-order valence-electron chi connectivity index (χ2n) is 8.49. The van der Waals surface area contributed by atoms with E-state index in [1.807, 2.05) is 30.2 Å². The van der Waals surface area contributed by atoms with E-state index in [0.717, 1.165) is 24.1 Å². The number of nitrogens with one attached hydrogen (secondary N) is 1. The van der Waals surface area contributed by atoms with E-state index >= 15 is 0 Å².